The quantitative estimate of drug-likeness (QED) is 0.914. The Morgan fingerprint density at radius 3 is 2.71 bits per heavy atom. The molecule has 0 amide bonds. The van der Waals surface area contributed by atoms with Crippen molar-refractivity contribution in [3.63, 3.8) is 0 Å². The first-order valence-electron chi connectivity index (χ1n) is 4.75. The lowest BCUT2D eigenvalue weighted by Gasteiger charge is -2.13. The van der Waals surface area contributed by atoms with Gasteiger partial charge in [-0.05, 0) is 12.1 Å². The van der Waals surface area contributed by atoms with E-state index in [0.29, 0.717) is 15.7 Å². The molecule has 0 spiro atoms. The van der Waals surface area contributed by atoms with E-state index in [9.17, 15) is 4.39 Å². The van der Waals surface area contributed by atoms with Gasteiger partial charge in [-0.1, -0.05) is 23.2 Å². The highest BCUT2D eigenvalue weighted by Gasteiger charge is 2.17. The molecule has 0 aromatic carbocycles. The minimum Gasteiger partial charge on any atom is -0.319 e. The lowest BCUT2D eigenvalue weighted by Crippen LogP contribution is -2.15. The average Bonchev–Trinajstić information content (AvgIpc) is 2.29. The molecule has 17 heavy (non-hydrogen) atoms. The number of rotatable bonds is 2. The average molecular weight is 272 g/mol. The Hall–Kier alpha value is -1.23. The van der Waals surface area contributed by atoms with Gasteiger partial charge < -0.3 is 5.73 Å². The van der Waals surface area contributed by atoms with Crippen molar-refractivity contribution in [2.24, 2.45) is 5.73 Å². The monoisotopic (exact) mass is 271 g/mol. The Balaban J connectivity index is 2.44. The lowest BCUT2D eigenvalue weighted by molar-refractivity contribution is 0.591. The highest BCUT2D eigenvalue weighted by molar-refractivity contribution is 6.34. The van der Waals surface area contributed by atoms with Gasteiger partial charge in [0.25, 0.3) is 0 Å². The SMILES string of the molecule is NC(c1ccncc1F)c1ncc(Cl)cc1Cl. The second kappa shape index (κ2) is 4.96. The molecule has 1 atom stereocenters. The number of nitrogens with zero attached hydrogens (tertiary/aromatic N) is 2. The summed E-state index contributed by atoms with van der Waals surface area (Å²) in [6.45, 7) is 0. The Morgan fingerprint density at radius 1 is 1.29 bits per heavy atom. The maximum Gasteiger partial charge on any atom is 0.146 e. The molecule has 2 heterocycles. The van der Waals surface area contributed by atoms with Crippen LogP contribution in [-0.4, -0.2) is 9.97 Å². The molecule has 6 heteroatoms. The van der Waals surface area contributed by atoms with Crippen molar-refractivity contribution in [1.82, 2.24) is 9.97 Å². The Bertz CT molecular complexity index is 548. The van der Waals surface area contributed by atoms with E-state index in [2.05, 4.69) is 9.97 Å². The fourth-order valence-electron chi connectivity index (χ4n) is 1.44. The number of pyridine rings is 2. The highest BCUT2D eigenvalue weighted by atomic mass is 35.5. The normalized spacial score (nSPS) is 12.5. The molecule has 0 aliphatic rings. The molecule has 2 rings (SSSR count). The van der Waals surface area contributed by atoms with Crippen molar-refractivity contribution in [3.05, 3.63) is 57.8 Å². The first-order valence-corrected chi connectivity index (χ1v) is 5.51. The third-order valence-corrected chi connectivity index (χ3v) is 2.78. The second-order valence-electron chi connectivity index (χ2n) is 3.40. The van der Waals surface area contributed by atoms with E-state index in [1.165, 1.54) is 24.5 Å². The van der Waals surface area contributed by atoms with Gasteiger partial charge in [0.2, 0.25) is 0 Å². The predicted molar refractivity (Wildman–Crippen MR) is 64.5 cm³/mol. The molecule has 2 N–H and O–H groups in total. The predicted octanol–water partition coefficient (Wildman–Crippen LogP) is 2.97. The third kappa shape index (κ3) is 2.54. The van der Waals surface area contributed by atoms with Gasteiger partial charge in [0.05, 0.1) is 28.0 Å². The molecule has 0 saturated carbocycles. The van der Waals surface area contributed by atoms with Gasteiger partial charge in [-0.15, -0.1) is 0 Å². The topological polar surface area (TPSA) is 51.8 Å². The zero-order valence-electron chi connectivity index (χ0n) is 8.57. The molecule has 3 nitrogen and oxygen atoms in total. The van der Waals surface area contributed by atoms with Gasteiger partial charge >= 0.3 is 0 Å². The summed E-state index contributed by atoms with van der Waals surface area (Å²) in [6.07, 6.45) is 3.98. The molecule has 0 aliphatic heterocycles. The molecule has 2 aromatic rings. The van der Waals surface area contributed by atoms with Crippen molar-refractivity contribution in [2.45, 2.75) is 6.04 Å². The van der Waals surface area contributed by atoms with Crippen LogP contribution < -0.4 is 5.73 Å². The summed E-state index contributed by atoms with van der Waals surface area (Å²) in [5.74, 6) is -0.493. The van der Waals surface area contributed by atoms with Gasteiger partial charge in [0, 0.05) is 18.0 Å². The third-order valence-electron chi connectivity index (χ3n) is 2.27. The van der Waals surface area contributed by atoms with E-state index >= 15 is 0 Å². The summed E-state index contributed by atoms with van der Waals surface area (Å²) in [5, 5.41) is 0.711. The van der Waals surface area contributed by atoms with Gasteiger partial charge in [-0.3, -0.25) is 9.97 Å². The summed E-state index contributed by atoms with van der Waals surface area (Å²) in [4.78, 5) is 7.67. The molecule has 0 radical (unpaired) electrons. The Morgan fingerprint density at radius 2 is 2.06 bits per heavy atom. The minimum absolute atomic E-state index is 0.289. The van der Waals surface area contributed by atoms with Gasteiger partial charge in [0.1, 0.15) is 5.82 Å². The smallest absolute Gasteiger partial charge is 0.146 e. The standard InChI is InChI=1S/C11H8Cl2FN3/c12-6-3-8(13)11(17-4-6)10(15)7-1-2-16-5-9(7)14/h1-5,10H,15H2. The van der Waals surface area contributed by atoms with E-state index in [1.807, 2.05) is 0 Å². The number of hydrogen-bond donors (Lipinski definition) is 1. The van der Waals surface area contributed by atoms with E-state index in [0.717, 1.165) is 6.20 Å². The van der Waals surface area contributed by atoms with Crippen molar-refractivity contribution in [2.75, 3.05) is 0 Å². The van der Waals surface area contributed by atoms with Crippen molar-refractivity contribution >= 4 is 23.2 Å². The summed E-state index contributed by atoms with van der Waals surface area (Å²) in [6, 6.07) is 2.26. The summed E-state index contributed by atoms with van der Waals surface area (Å²) in [7, 11) is 0. The molecule has 0 bridgehead atoms. The van der Waals surface area contributed by atoms with Crippen LogP contribution in [0.5, 0.6) is 0 Å². The second-order valence-corrected chi connectivity index (χ2v) is 4.24. The number of aromatic nitrogens is 2. The molecular weight excluding hydrogens is 264 g/mol. The van der Waals surface area contributed by atoms with Gasteiger partial charge in [-0.2, -0.15) is 0 Å². The van der Waals surface area contributed by atoms with E-state index < -0.39 is 11.9 Å². The highest BCUT2D eigenvalue weighted by Crippen LogP contribution is 2.27. The molecule has 0 saturated heterocycles. The largest absolute Gasteiger partial charge is 0.319 e. The Labute approximate surface area is 107 Å². The van der Waals surface area contributed by atoms with Crippen LogP contribution in [0.15, 0.2) is 30.7 Å². The molecule has 0 fully saturated rings. The molecule has 88 valence electrons. The van der Waals surface area contributed by atoms with Crippen molar-refractivity contribution in [3.8, 4) is 0 Å². The van der Waals surface area contributed by atoms with Crippen molar-refractivity contribution < 1.29 is 4.39 Å². The van der Waals surface area contributed by atoms with E-state index in [-0.39, 0.29) is 5.56 Å². The number of nitrogens with two attached hydrogens (primary N) is 1. The first-order chi connectivity index (χ1) is 8.09. The van der Waals surface area contributed by atoms with Gasteiger partial charge in [0.15, 0.2) is 0 Å². The summed E-state index contributed by atoms with van der Waals surface area (Å²) >= 11 is 11.7. The number of hydrogen-bond acceptors (Lipinski definition) is 3. The maximum absolute atomic E-state index is 13.5. The Kier molecular flexibility index (Phi) is 3.57. The molecule has 2 aromatic heterocycles. The first kappa shape index (κ1) is 12.2. The fraction of sp³-hybridized carbons (Fsp3) is 0.0909. The number of halogens is 3. The maximum atomic E-state index is 13.5. The lowest BCUT2D eigenvalue weighted by atomic mass is 10.1. The van der Waals surface area contributed by atoms with Crippen LogP contribution >= 0.6 is 23.2 Å². The van der Waals surface area contributed by atoms with E-state index in [4.69, 9.17) is 28.9 Å². The minimum atomic E-state index is -0.747. The van der Waals surface area contributed by atoms with Crippen LogP contribution in [0.2, 0.25) is 10.0 Å². The molecule has 1 unspecified atom stereocenters. The van der Waals surface area contributed by atoms with Crippen LogP contribution in [0.1, 0.15) is 17.3 Å². The zero-order valence-corrected chi connectivity index (χ0v) is 10.1. The van der Waals surface area contributed by atoms with Crippen LogP contribution in [0.4, 0.5) is 4.39 Å². The zero-order chi connectivity index (χ0) is 12.4. The van der Waals surface area contributed by atoms with Crippen LogP contribution in [0.3, 0.4) is 0 Å². The van der Waals surface area contributed by atoms with Crippen LogP contribution in [-0.2, 0) is 0 Å². The van der Waals surface area contributed by atoms with E-state index in [1.54, 1.807) is 0 Å². The molecular formula is C11H8Cl2FN3. The fourth-order valence-corrected chi connectivity index (χ4v) is 1.94. The summed E-state index contributed by atoms with van der Waals surface area (Å²) < 4.78 is 13.5. The van der Waals surface area contributed by atoms with Crippen LogP contribution in [0.25, 0.3) is 0 Å². The summed E-state index contributed by atoms with van der Waals surface area (Å²) in [5.41, 5.74) is 6.57. The van der Waals surface area contributed by atoms with Crippen LogP contribution in [0, 0.1) is 5.82 Å². The molecule has 0 aliphatic carbocycles. The van der Waals surface area contributed by atoms with Gasteiger partial charge in [-0.25, -0.2) is 4.39 Å². The van der Waals surface area contributed by atoms with Crippen molar-refractivity contribution in [1.29, 1.82) is 0 Å².